The fourth-order valence-corrected chi connectivity index (χ4v) is 1.51. The lowest BCUT2D eigenvalue weighted by molar-refractivity contribution is 0.0692. The molecule has 6 heteroatoms. The van der Waals surface area contributed by atoms with Gasteiger partial charge in [-0.1, -0.05) is 6.92 Å². The predicted molar refractivity (Wildman–Crippen MR) is 78.0 cm³/mol. The van der Waals surface area contributed by atoms with Crippen LogP contribution in [0.5, 0.6) is 0 Å². The molecule has 1 aromatic heterocycles. The first-order chi connectivity index (χ1) is 9.77. The van der Waals surface area contributed by atoms with Crippen LogP contribution < -0.4 is 10.6 Å². The van der Waals surface area contributed by atoms with Gasteiger partial charge in [0.05, 0.1) is 19.8 Å². The zero-order valence-corrected chi connectivity index (χ0v) is 12.1. The van der Waals surface area contributed by atoms with Gasteiger partial charge in [-0.15, -0.1) is 0 Å². The first kappa shape index (κ1) is 16.4. The van der Waals surface area contributed by atoms with Crippen LogP contribution in [0, 0.1) is 0 Å². The molecule has 0 saturated carbocycles. The highest BCUT2D eigenvalue weighted by molar-refractivity contribution is 5.93. The minimum Gasteiger partial charge on any atom is -0.385 e. The minimum atomic E-state index is -0.194. The van der Waals surface area contributed by atoms with Gasteiger partial charge >= 0.3 is 0 Å². The van der Waals surface area contributed by atoms with Crippen LogP contribution in [0.3, 0.4) is 0 Å². The smallest absolute Gasteiger partial charge is 0.270 e. The second-order valence-electron chi connectivity index (χ2n) is 4.22. The number of rotatable bonds is 10. The van der Waals surface area contributed by atoms with E-state index in [1.165, 1.54) is 0 Å². The van der Waals surface area contributed by atoms with Crippen LogP contribution in [0.4, 0.5) is 5.69 Å². The fraction of sp³-hybridized carbons (Fsp3) is 0.571. The summed E-state index contributed by atoms with van der Waals surface area (Å²) in [6.45, 7) is 4.96. The van der Waals surface area contributed by atoms with Crippen LogP contribution in [0.2, 0.25) is 0 Å². The summed E-state index contributed by atoms with van der Waals surface area (Å²) in [6.07, 6.45) is 2.66. The third-order valence-corrected chi connectivity index (χ3v) is 2.54. The first-order valence-corrected chi connectivity index (χ1v) is 6.82. The number of ether oxygens (including phenoxy) is 2. The number of hydrogen-bond acceptors (Lipinski definition) is 5. The number of methoxy groups -OCH3 is 1. The minimum absolute atomic E-state index is 0.194. The first-order valence-electron chi connectivity index (χ1n) is 6.82. The average molecular weight is 281 g/mol. The van der Waals surface area contributed by atoms with E-state index in [-0.39, 0.29) is 5.91 Å². The summed E-state index contributed by atoms with van der Waals surface area (Å²) in [7, 11) is 1.62. The van der Waals surface area contributed by atoms with Gasteiger partial charge in [0.1, 0.15) is 5.69 Å². The van der Waals surface area contributed by atoms with Gasteiger partial charge in [0, 0.05) is 32.1 Å². The van der Waals surface area contributed by atoms with Gasteiger partial charge in [0.2, 0.25) is 0 Å². The molecule has 0 spiro atoms. The molecule has 1 rings (SSSR count). The van der Waals surface area contributed by atoms with Gasteiger partial charge in [-0.05, 0) is 18.6 Å². The Morgan fingerprint density at radius 1 is 1.30 bits per heavy atom. The molecule has 0 saturated heterocycles. The Hall–Kier alpha value is -1.66. The van der Waals surface area contributed by atoms with E-state index in [4.69, 9.17) is 9.47 Å². The van der Waals surface area contributed by atoms with Gasteiger partial charge in [-0.25, -0.2) is 0 Å². The molecule has 0 aliphatic carbocycles. The largest absolute Gasteiger partial charge is 0.385 e. The van der Waals surface area contributed by atoms with Crippen molar-refractivity contribution in [3.8, 4) is 0 Å². The van der Waals surface area contributed by atoms with Crippen LogP contribution >= 0.6 is 0 Å². The van der Waals surface area contributed by atoms with Crippen LogP contribution in [-0.2, 0) is 9.47 Å². The van der Waals surface area contributed by atoms with Crippen molar-refractivity contribution in [1.82, 2.24) is 10.3 Å². The Kier molecular flexibility index (Phi) is 8.33. The number of hydrogen-bond donors (Lipinski definition) is 2. The Morgan fingerprint density at radius 3 is 2.90 bits per heavy atom. The predicted octanol–water partition coefficient (Wildman–Crippen LogP) is 1.30. The van der Waals surface area contributed by atoms with E-state index in [9.17, 15) is 4.79 Å². The number of carbonyl (C=O) groups excluding carboxylic acids is 1. The van der Waals surface area contributed by atoms with E-state index in [1.807, 2.05) is 6.07 Å². The molecular weight excluding hydrogens is 258 g/mol. The normalized spacial score (nSPS) is 10.3. The molecule has 2 N–H and O–H groups in total. The molecule has 0 bridgehead atoms. The number of carbonyl (C=O) groups is 1. The highest BCUT2D eigenvalue weighted by atomic mass is 16.5. The van der Waals surface area contributed by atoms with Crippen LogP contribution in [0.15, 0.2) is 18.3 Å². The van der Waals surface area contributed by atoms with Crippen molar-refractivity contribution in [2.24, 2.45) is 0 Å². The fourth-order valence-electron chi connectivity index (χ4n) is 1.51. The molecule has 20 heavy (non-hydrogen) atoms. The Labute approximate surface area is 119 Å². The summed E-state index contributed by atoms with van der Waals surface area (Å²) in [4.78, 5) is 15.9. The molecule has 0 aliphatic heterocycles. The molecule has 1 aromatic rings. The maximum Gasteiger partial charge on any atom is 0.270 e. The topological polar surface area (TPSA) is 72.5 Å². The number of nitrogens with one attached hydrogen (secondary N) is 2. The van der Waals surface area contributed by atoms with E-state index in [0.29, 0.717) is 32.1 Å². The van der Waals surface area contributed by atoms with Gasteiger partial charge < -0.3 is 20.1 Å². The van der Waals surface area contributed by atoms with Crippen LogP contribution in [0.25, 0.3) is 0 Å². The summed E-state index contributed by atoms with van der Waals surface area (Å²) in [6, 6.07) is 3.59. The molecule has 0 radical (unpaired) electrons. The molecule has 112 valence electrons. The highest BCUT2D eigenvalue weighted by Gasteiger charge is 2.06. The molecule has 6 nitrogen and oxygen atoms in total. The number of amides is 1. The zero-order valence-electron chi connectivity index (χ0n) is 12.1. The summed E-state index contributed by atoms with van der Waals surface area (Å²) in [5, 5.41) is 5.99. The molecule has 0 aliphatic rings. The van der Waals surface area contributed by atoms with Crippen molar-refractivity contribution in [1.29, 1.82) is 0 Å². The van der Waals surface area contributed by atoms with E-state index < -0.39 is 0 Å². The lowest BCUT2D eigenvalue weighted by atomic mass is 10.3. The zero-order chi connectivity index (χ0) is 14.6. The van der Waals surface area contributed by atoms with Crippen molar-refractivity contribution < 1.29 is 14.3 Å². The van der Waals surface area contributed by atoms with E-state index in [1.54, 1.807) is 19.4 Å². The summed E-state index contributed by atoms with van der Waals surface area (Å²) < 4.78 is 10.1. The maximum absolute atomic E-state index is 11.9. The van der Waals surface area contributed by atoms with E-state index >= 15 is 0 Å². The summed E-state index contributed by atoms with van der Waals surface area (Å²) in [5.74, 6) is -0.194. The summed E-state index contributed by atoms with van der Waals surface area (Å²) >= 11 is 0. The van der Waals surface area contributed by atoms with Gasteiger partial charge in [-0.2, -0.15) is 0 Å². The molecule has 0 unspecified atom stereocenters. The molecular formula is C14H23N3O3. The van der Waals surface area contributed by atoms with Crippen molar-refractivity contribution in [2.75, 3.05) is 45.3 Å². The van der Waals surface area contributed by atoms with Crippen molar-refractivity contribution in [3.63, 3.8) is 0 Å². The number of pyridine rings is 1. The number of anilines is 1. The van der Waals surface area contributed by atoms with Gasteiger partial charge in [-0.3, -0.25) is 9.78 Å². The average Bonchev–Trinajstić information content (AvgIpc) is 2.48. The molecule has 0 atom stereocenters. The molecule has 0 aromatic carbocycles. The quantitative estimate of drug-likeness (QED) is 0.632. The monoisotopic (exact) mass is 281 g/mol. The third-order valence-electron chi connectivity index (χ3n) is 2.54. The second-order valence-corrected chi connectivity index (χ2v) is 4.22. The Balaban J connectivity index is 2.31. The Morgan fingerprint density at radius 2 is 2.15 bits per heavy atom. The van der Waals surface area contributed by atoms with E-state index in [0.717, 1.165) is 18.7 Å². The van der Waals surface area contributed by atoms with E-state index in [2.05, 4.69) is 22.5 Å². The summed E-state index contributed by atoms with van der Waals surface area (Å²) in [5.41, 5.74) is 1.31. The van der Waals surface area contributed by atoms with Crippen molar-refractivity contribution in [2.45, 2.75) is 13.3 Å². The molecule has 0 fully saturated rings. The van der Waals surface area contributed by atoms with Crippen molar-refractivity contribution >= 4 is 11.6 Å². The SMILES string of the molecule is CCCNc1ccnc(C(=O)NCCOCCOC)c1. The number of nitrogens with zero attached hydrogens (tertiary/aromatic N) is 1. The van der Waals surface area contributed by atoms with Crippen LogP contribution in [-0.4, -0.2) is 50.9 Å². The lowest BCUT2D eigenvalue weighted by Gasteiger charge is -2.08. The molecule has 1 heterocycles. The number of aromatic nitrogens is 1. The Bertz CT molecular complexity index is 399. The highest BCUT2D eigenvalue weighted by Crippen LogP contribution is 2.07. The standard InChI is InChI=1S/C14H23N3O3/c1-3-5-15-12-4-6-16-13(11-12)14(18)17-7-8-20-10-9-19-2/h4,6,11H,3,5,7-10H2,1-2H3,(H,15,16)(H,17,18). The molecule has 1 amide bonds. The van der Waals surface area contributed by atoms with Crippen molar-refractivity contribution in [3.05, 3.63) is 24.0 Å². The van der Waals surface area contributed by atoms with Crippen LogP contribution in [0.1, 0.15) is 23.8 Å². The third kappa shape index (κ3) is 6.49. The van der Waals surface area contributed by atoms with Gasteiger partial charge in [0.15, 0.2) is 0 Å². The lowest BCUT2D eigenvalue weighted by Crippen LogP contribution is -2.28. The van der Waals surface area contributed by atoms with Gasteiger partial charge in [0.25, 0.3) is 5.91 Å². The maximum atomic E-state index is 11.9. The second kappa shape index (κ2) is 10.2.